The highest BCUT2D eigenvalue weighted by Crippen LogP contribution is 2.21. The molecule has 1 heterocycles. The normalized spacial score (nSPS) is 11.8. The molecule has 0 unspecified atom stereocenters. The molecular weight excluding hydrogens is 235 g/mol. The van der Waals surface area contributed by atoms with Crippen LogP contribution in [0.4, 0.5) is 13.2 Å². The maximum Gasteiger partial charge on any atom is 0.454 e. The molecular formula is C11H14F3NO2. The molecule has 0 atom stereocenters. The maximum atomic E-state index is 12.1. The predicted octanol–water partition coefficient (Wildman–Crippen LogP) is 2.66. The first-order chi connectivity index (χ1) is 7.95. The van der Waals surface area contributed by atoms with Crippen molar-refractivity contribution in [2.75, 3.05) is 13.2 Å². The topological polar surface area (TPSA) is 31.2 Å². The number of rotatable bonds is 6. The lowest BCUT2D eigenvalue weighted by Crippen LogP contribution is -2.22. The zero-order valence-corrected chi connectivity index (χ0v) is 9.46. The molecule has 1 aromatic heterocycles. The monoisotopic (exact) mass is 249 g/mol. The van der Waals surface area contributed by atoms with Gasteiger partial charge >= 0.3 is 6.18 Å². The molecule has 3 nitrogen and oxygen atoms in total. The third-order valence-electron chi connectivity index (χ3n) is 2.11. The molecule has 0 spiro atoms. The number of alkyl halides is 3. The summed E-state index contributed by atoms with van der Waals surface area (Å²) in [6.07, 6.45) is -1.30. The Labute approximate surface area is 97.2 Å². The fourth-order valence-electron chi connectivity index (χ4n) is 1.29. The van der Waals surface area contributed by atoms with E-state index in [1.165, 1.54) is 17.0 Å². The number of ether oxygens (including phenoxy) is 1. The van der Waals surface area contributed by atoms with Gasteiger partial charge in [-0.1, -0.05) is 6.92 Å². The zero-order valence-electron chi connectivity index (χ0n) is 9.46. The number of hydrogen-bond donors (Lipinski definition) is 0. The van der Waals surface area contributed by atoms with E-state index in [1.807, 2.05) is 6.92 Å². The molecule has 0 aliphatic rings. The predicted molar refractivity (Wildman–Crippen MR) is 55.9 cm³/mol. The number of hydrogen-bond acceptors (Lipinski definition) is 2. The standard InChI is InChI=1S/C11H14F3NO2/c1-2-6-17-7-5-15-4-3-9(8-15)10(16)11(12,13)14/h3-4,8H,2,5-7H2,1H3. The van der Waals surface area contributed by atoms with Gasteiger partial charge in [-0.05, 0) is 12.5 Å². The van der Waals surface area contributed by atoms with Crippen LogP contribution in [0.15, 0.2) is 18.5 Å². The molecule has 0 bridgehead atoms. The second-order valence-corrected chi connectivity index (χ2v) is 3.58. The van der Waals surface area contributed by atoms with Crippen molar-refractivity contribution in [3.63, 3.8) is 0 Å². The average Bonchev–Trinajstić information content (AvgIpc) is 2.70. The van der Waals surface area contributed by atoms with Gasteiger partial charge in [0.2, 0.25) is 0 Å². The van der Waals surface area contributed by atoms with E-state index < -0.39 is 12.0 Å². The molecule has 0 saturated carbocycles. The Hall–Kier alpha value is -1.30. The zero-order chi connectivity index (χ0) is 12.9. The third-order valence-corrected chi connectivity index (χ3v) is 2.11. The molecule has 0 N–H and O–H groups in total. The largest absolute Gasteiger partial charge is 0.454 e. The Morgan fingerprint density at radius 1 is 1.41 bits per heavy atom. The molecule has 0 radical (unpaired) electrons. The van der Waals surface area contributed by atoms with Crippen LogP contribution in [0.25, 0.3) is 0 Å². The summed E-state index contributed by atoms with van der Waals surface area (Å²) in [6, 6.07) is 1.16. The highest BCUT2D eigenvalue weighted by molar-refractivity contribution is 6.00. The number of halogens is 3. The Morgan fingerprint density at radius 2 is 2.12 bits per heavy atom. The SMILES string of the molecule is CCCOCCn1ccc(C(=O)C(F)(F)F)c1. The van der Waals surface area contributed by atoms with Crippen molar-refractivity contribution in [2.24, 2.45) is 0 Å². The van der Waals surface area contributed by atoms with Gasteiger partial charge in [-0.15, -0.1) is 0 Å². The summed E-state index contributed by atoms with van der Waals surface area (Å²) in [5, 5.41) is 0. The number of Topliss-reactive ketones (excluding diaryl/α,β-unsaturated/α-hetero) is 1. The highest BCUT2D eigenvalue weighted by atomic mass is 19.4. The lowest BCUT2D eigenvalue weighted by Gasteiger charge is -2.04. The second kappa shape index (κ2) is 5.86. The van der Waals surface area contributed by atoms with Gasteiger partial charge in [0, 0.05) is 31.1 Å². The lowest BCUT2D eigenvalue weighted by atomic mass is 10.2. The van der Waals surface area contributed by atoms with Crippen LogP contribution in [0.2, 0.25) is 0 Å². The fraction of sp³-hybridized carbons (Fsp3) is 0.545. The summed E-state index contributed by atoms with van der Waals surface area (Å²) in [5.41, 5.74) is -0.340. The second-order valence-electron chi connectivity index (χ2n) is 3.58. The van der Waals surface area contributed by atoms with Crippen LogP contribution >= 0.6 is 0 Å². The summed E-state index contributed by atoms with van der Waals surface area (Å²) in [7, 11) is 0. The quantitative estimate of drug-likeness (QED) is 0.573. The molecule has 0 fully saturated rings. The Morgan fingerprint density at radius 3 is 2.71 bits per heavy atom. The number of aromatic nitrogens is 1. The van der Waals surface area contributed by atoms with Gasteiger partial charge in [-0.25, -0.2) is 0 Å². The first-order valence-corrected chi connectivity index (χ1v) is 5.30. The van der Waals surface area contributed by atoms with E-state index >= 15 is 0 Å². The van der Waals surface area contributed by atoms with Crippen molar-refractivity contribution >= 4 is 5.78 Å². The van der Waals surface area contributed by atoms with Crippen molar-refractivity contribution in [2.45, 2.75) is 26.1 Å². The molecule has 0 aliphatic heterocycles. The average molecular weight is 249 g/mol. The van der Waals surface area contributed by atoms with E-state index in [-0.39, 0.29) is 5.56 Å². The van der Waals surface area contributed by atoms with Crippen molar-refractivity contribution in [3.05, 3.63) is 24.0 Å². The molecule has 17 heavy (non-hydrogen) atoms. The van der Waals surface area contributed by atoms with Gasteiger partial charge in [0.05, 0.1) is 6.61 Å². The van der Waals surface area contributed by atoms with Crippen molar-refractivity contribution in [1.29, 1.82) is 0 Å². The first-order valence-electron chi connectivity index (χ1n) is 5.30. The Bertz CT molecular complexity index is 371. The summed E-state index contributed by atoms with van der Waals surface area (Å²) in [6.45, 7) is 3.44. The van der Waals surface area contributed by atoms with Crippen LogP contribution in [0.5, 0.6) is 0 Å². The minimum absolute atomic E-state index is 0.340. The minimum atomic E-state index is -4.81. The fourth-order valence-corrected chi connectivity index (χ4v) is 1.29. The molecule has 0 aliphatic carbocycles. The van der Waals surface area contributed by atoms with E-state index in [0.717, 1.165) is 12.5 Å². The van der Waals surface area contributed by atoms with Crippen molar-refractivity contribution in [1.82, 2.24) is 4.57 Å². The van der Waals surface area contributed by atoms with E-state index in [4.69, 9.17) is 4.74 Å². The Balaban J connectivity index is 2.51. The number of carbonyl (C=O) groups excluding carboxylic acids is 1. The number of nitrogens with zero attached hydrogens (tertiary/aromatic N) is 1. The van der Waals surface area contributed by atoms with E-state index in [0.29, 0.717) is 19.8 Å². The van der Waals surface area contributed by atoms with Gasteiger partial charge in [0.1, 0.15) is 0 Å². The van der Waals surface area contributed by atoms with E-state index in [9.17, 15) is 18.0 Å². The van der Waals surface area contributed by atoms with Crippen LogP contribution < -0.4 is 0 Å². The summed E-state index contributed by atoms with van der Waals surface area (Å²) < 4.78 is 43.0. The lowest BCUT2D eigenvalue weighted by molar-refractivity contribution is -0.0885. The maximum absolute atomic E-state index is 12.1. The van der Waals surface area contributed by atoms with Crippen molar-refractivity contribution in [3.8, 4) is 0 Å². The molecule has 0 amide bonds. The van der Waals surface area contributed by atoms with Crippen molar-refractivity contribution < 1.29 is 22.7 Å². The number of ketones is 1. The van der Waals surface area contributed by atoms with Crippen LogP contribution in [-0.4, -0.2) is 29.7 Å². The minimum Gasteiger partial charge on any atom is -0.380 e. The summed E-state index contributed by atoms with van der Waals surface area (Å²) in [5.74, 6) is -1.81. The van der Waals surface area contributed by atoms with Crippen LogP contribution in [0.1, 0.15) is 23.7 Å². The molecule has 96 valence electrons. The van der Waals surface area contributed by atoms with E-state index in [2.05, 4.69) is 0 Å². The van der Waals surface area contributed by atoms with Crippen LogP contribution in [-0.2, 0) is 11.3 Å². The molecule has 6 heteroatoms. The Kier molecular flexibility index (Phi) is 4.74. The smallest absolute Gasteiger partial charge is 0.380 e. The summed E-state index contributed by atoms with van der Waals surface area (Å²) >= 11 is 0. The molecule has 0 saturated heterocycles. The first kappa shape index (κ1) is 13.8. The van der Waals surface area contributed by atoms with Crippen LogP contribution in [0, 0.1) is 0 Å². The molecule has 1 aromatic rings. The molecule has 0 aromatic carbocycles. The molecule has 1 rings (SSSR count). The van der Waals surface area contributed by atoms with Gasteiger partial charge in [-0.3, -0.25) is 4.79 Å². The van der Waals surface area contributed by atoms with Gasteiger partial charge < -0.3 is 9.30 Å². The van der Waals surface area contributed by atoms with E-state index in [1.54, 1.807) is 0 Å². The number of carbonyl (C=O) groups is 1. The van der Waals surface area contributed by atoms with Gasteiger partial charge in [0.25, 0.3) is 5.78 Å². The summed E-state index contributed by atoms with van der Waals surface area (Å²) in [4.78, 5) is 10.9. The highest BCUT2D eigenvalue weighted by Gasteiger charge is 2.39. The van der Waals surface area contributed by atoms with Gasteiger partial charge in [0.15, 0.2) is 0 Å². The van der Waals surface area contributed by atoms with Crippen LogP contribution in [0.3, 0.4) is 0 Å². The third kappa shape index (κ3) is 4.22. The van der Waals surface area contributed by atoms with Gasteiger partial charge in [-0.2, -0.15) is 13.2 Å².